The van der Waals surface area contributed by atoms with Crippen LogP contribution in [0.4, 0.5) is 0 Å². The zero-order valence-corrected chi connectivity index (χ0v) is 10.1. The number of carbonyl (C=O) groups excluding carboxylic acids is 1. The van der Waals surface area contributed by atoms with Gasteiger partial charge < -0.3 is 4.57 Å². The van der Waals surface area contributed by atoms with E-state index < -0.39 is 0 Å². The van der Waals surface area contributed by atoms with E-state index in [4.69, 9.17) is 0 Å². The average Bonchev–Trinajstić information content (AvgIpc) is 2.77. The molecule has 1 aromatic heterocycles. The van der Waals surface area contributed by atoms with Crippen molar-refractivity contribution in [2.45, 2.75) is 20.4 Å². The molecule has 0 fully saturated rings. The number of rotatable bonds is 4. The summed E-state index contributed by atoms with van der Waals surface area (Å²) in [6, 6.07) is 10.1. The first-order valence-electron chi connectivity index (χ1n) is 5.76. The maximum atomic E-state index is 11.7. The van der Waals surface area contributed by atoms with Crippen molar-refractivity contribution in [1.82, 2.24) is 9.55 Å². The molecule has 17 heavy (non-hydrogen) atoms. The van der Waals surface area contributed by atoms with Crippen LogP contribution in [0.3, 0.4) is 0 Å². The van der Waals surface area contributed by atoms with Gasteiger partial charge in [-0.05, 0) is 5.56 Å². The van der Waals surface area contributed by atoms with Crippen LogP contribution in [0.1, 0.15) is 29.9 Å². The fourth-order valence-electron chi connectivity index (χ4n) is 1.66. The average molecular weight is 228 g/mol. The smallest absolute Gasteiger partial charge is 0.185 e. The molecule has 3 heteroatoms. The zero-order valence-electron chi connectivity index (χ0n) is 10.1. The summed E-state index contributed by atoms with van der Waals surface area (Å²) in [5.74, 6) is 0.0897. The highest BCUT2D eigenvalue weighted by Gasteiger charge is 2.13. The standard InChI is InChI=1S/C14H16N2O/c1-11(2)14(17)13-9-16(10-15-13)8-12-6-4-3-5-7-12/h3-7,9-11H,8H2,1-2H3. The molecule has 0 aliphatic carbocycles. The molecule has 0 bridgehead atoms. The van der Waals surface area contributed by atoms with E-state index in [1.165, 1.54) is 5.56 Å². The Morgan fingerprint density at radius 2 is 2.00 bits per heavy atom. The Morgan fingerprint density at radius 3 is 2.65 bits per heavy atom. The van der Waals surface area contributed by atoms with E-state index in [1.54, 1.807) is 6.33 Å². The second kappa shape index (κ2) is 4.95. The van der Waals surface area contributed by atoms with Crippen LogP contribution in [-0.4, -0.2) is 15.3 Å². The van der Waals surface area contributed by atoms with Crippen LogP contribution in [-0.2, 0) is 6.54 Å². The summed E-state index contributed by atoms with van der Waals surface area (Å²) in [5.41, 5.74) is 1.75. The molecular formula is C14H16N2O. The molecule has 0 aliphatic rings. The minimum atomic E-state index is -0.00456. The van der Waals surface area contributed by atoms with Gasteiger partial charge in [0.05, 0.1) is 6.33 Å². The lowest BCUT2D eigenvalue weighted by Gasteiger charge is -2.01. The highest BCUT2D eigenvalue weighted by Crippen LogP contribution is 2.08. The summed E-state index contributed by atoms with van der Waals surface area (Å²) < 4.78 is 1.94. The number of benzene rings is 1. The molecular weight excluding hydrogens is 212 g/mol. The van der Waals surface area contributed by atoms with E-state index >= 15 is 0 Å². The minimum Gasteiger partial charge on any atom is -0.332 e. The molecule has 0 saturated carbocycles. The van der Waals surface area contributed by atoms with E-state index in [9.17, 15) is 4.79 Å². The quantitative estimate of drug-likeness (QED) is 0.754. The Hall–Kier alpha value is -1.90. The van der Waals surface area contributed by atoms with Gasteiger partial charge in [-0.3, -0.25) is 4.79 Å². The zero-order chi connectivity index (χ0) is 12.3. The van der Waals surface area contributed by atoms with Gasteiger partial charge in [0, 0.05) is 18.7 Å². The molecule has 0 aliphatic heterocycles. The second-order valence-corrected chi connectivity index (χ2v) is 4.44. The largest absolute Gasteiger partial charge is 0.332 e. The van der Waals surface area contributed by atoms with Crippen molar-refractivity contribution < 1.29 is 4.79 Å². The molecule has 0 radical (unpaired) electrons. The van der Waals surface area contributed by atoms with Gasteiger partial charge in [-0.1, -0.05) is 44.2 Å². The number of aromatic nitrogens is 2. The van der Waals surface area contributed by atoms with Crippen LogP contribution in [0.15, 0.2) is 42.9 Å². The number of hydrogen-bond donors (Lipinski definition) is 0. The van der Waals surface area contributed by atoms with Crippen LogP contribution < -0.4 is 0 Å². The number of ketones is 1. The highest BCUT2D eigenvalue weighted by molar-refractivity contribution is 5.95. The summed E-state index contributed by atoms with van der Waals surface area (Å²) in [6.45, 7) is 4.52. The van der Waals surface area contributed by atoms with Crippen molar-refractivity contribution in [3.8, 4) is 0 Å². The number of hydrogen-bond acceptors (Lipinski definition) is 2. The van der Waals surface area contributed by atoms with Gasteiger partial charge in [-0.2, -0.15) is 0 Å². The lowest BCUT2D eigenvalue weighted by atomic mass is 10.1. The van der Waals surface area contributed by atoms with Crippen molar-refractivity contribution in [3.63, 3.8) is 0 Å². The predicted octanol–water partition coefficient (Wildman–Crippen LogP) is 2.77. The van der Waals surface area contributed by atoms with E-state index in [-0.39, 0.29) is 11.7 Å². The molecule has 0 amide bonds. The Morgan fingerprint density at radius 1 is 1.29 bits per heavy atom. The molecule has 0 unspecified atom stereocenters. The van der Waals surface area contributed by atoms with Crippen molar-refractivity contribution in [2.24, 2.45) is 5.92 Å². The Balaban J connectivity index is 2.12. The molecule has 88 valence electrons. The summed E-state index contributed by atoms with van der Waals surface area (Å²) in [7, 11) is 0. The SMILES string of the molecule is CC(C)C(=O)c1cn(Cc2ccccc2)cn1. The number of carbonyl (C=O) groups is 1. The van der Waals surface area contributed by atoms with Gasteiger partial charge in [0.25, 0.3) is 0 Å². The van der Waals surface area contributed by atoms with Crippen molar-refractivity contribution in [2.75, 3.05) is 0 Å². The summed E-state index contributed by atoms with van der Waals surface area (Å²) >= 11 is 0. The van der Waals surface area contributed by atoms with Gasteiger partial charge in [0.2, 0.25) is 0 Å². The first-order chi connectivity index (χ1) is 8.16. The van der Waals surface area contributed by atoms with Gasteiger partial charge >= 0.3 is 0 Å². The molecule has 0 N–H and O–H groups in total. The lowest BCUT2D eigenvalue weighted by molar-refractivity contribution is 0.0935. The first kappa shape index (κ1) is 11.6. The number of nitrogens with zero attached hydrogens (tertiary/aromatic N) is 2. The van der Waals surface area contributed by atoms with Crippen LogP contribution in [0.25, 0.3) is 0 Å². The fourth-order valence-corrected chi connectivity index (χ4v) is 1.66. The highest BCUT2D eigenvalue weighted by atomic mass is 16.1. The molecule has 0 saturated heterocycles. The predicted molar refractivity (Wildman–Crippen MR) is 66.9 cm³/mol. The van der Waals surface area contributed by atoms with Crippen molar-refractivity contribution in [3.05, 3.63) is 54.1 Å². The van der Waals surface area contributed by atoms with Crippen molar-refractivity contribution >= 4 is 5.78 Å². The Kier molecular flexibility index (Phi) is 3.38. The maximum Gasteiger partial charge on any atom is 0.185 e. The van der Waals surface area contributed by atoms with Crippen molar-refractivity contribution in [1.29, 1.82) is 0 Å². The molecule has 0 spiro atoms. The lowest BCUT2D eigenvalue weighted by Crippen LogP contribution is -2.07. The minimum absolute atomic E-state index is 0.00456. The van der Waals surface area contributed by atoms with E-state index in [0.717, 1.165) is 6.54 Å². The second-order valence-electron chi connectivity index (χ2n) is 4.44. The van der Waals surface area contributed by atoms with Gasteiger partial charge in [0.15, 0.2) is 5.78 Å². The molecule has 0 atom stereocenters. The third-order valence-corrected chi connectivity index (χ3v) is 2.62. The van der Waals surface area contributed by atoms with Crippen LogP contribution in [0.2, 0.25) is 0 Å². The molecule has 1 heterocycles. The van der Waals surface area contributed by atoms with E-state index in [2.05, 4.69) is 17.1 Å². The van der Waals surface area contributed by atoms with Crippen LogP contribution in [0, 0.1) is 5.92 Å². The first-order valence-corrected chi connectivity index (χ1v) is 5.76. The van der Waals surface area contributed by atoms with E-state index in [0.29, 0.717) is 5.69 Å². The summed E-state index contributed by atoms with van der Waals surface area (Å²) in [6.07, 6.45) is 3.53. The van der Waals surface area contributed by atoms with Gasteiger partial charge in [-0.25, -0.2) is 4.98 Å². The third kappa shape index (κ3) is 2.81. The normalized spacial score (nSPS) is 10.8. The van der Waals surface area contributed by atoms with Crippen LogP contribution >= 0.6 is 0 Å². The third-order valence-electron chi connectivity index (χ3n) is 2.62. The van der Waals surface area contributed by atoms with Gasteiger partial charge in [0.1, 0.15) is 5.69 Å². The topological polar surface area (TPSA) is 34.9 Å². The number of Topliss-reactive ketones (excluding diaryl/α,β-unsaturated/α-hetero) is 1. The molecule has 1 aromatic carbocycles. The Bertz CT molecular complexity index is 500. The molecule has 2 aromatic rings. The number of imidazole rings is 1. The maximum absolute atomic E-state index is 11.7. The molecule has 3 nitrogen and oxygen atoms in total. The molecule has 2 rings (SSSR count). The van der Waals surface area contributed by atoms with E-state index in [1.807, 2.05) is 42.8 Å². The van der Waals surface area contributed by atoms with Crippen LogP contribution in [0.5, 0.6) is 0 Å². The monoisotopic (exact) mass is 228 g/mol. The summed E-state index contributed by atoms with van der Waals surface area (Å²) in [4.78, 5) is 15.9. The summed E-state index contributed by atoms with van der Waals surface area (Å²) in [5, 5.41) is 0. The fraction of sp³-hybridized carbons (Fsp3) is 0.286. The Labute approximate surface area is 101 Å². The van der Waals surface area contributed by atoms with Gasteiger partial charge in [-0.15, -0.1) is 0 Å².